The molecule has 0 spiro atoms. The molecule has 0 saturated carbocycles. The van der Waals surface area contributed by atoms with Crippen molar-refractivity contribution in [3.05, 3.63) is 11.8 Å². The normalized spacial score (nSPS) is 17.9. The number of carbonyl (C=O) groups is 1. The van der Waals surface area contributed by atoms with Gasteiger partial charge in [0.05, 0.1) is 12.0 Å². The molecule has 1 rings (SSSR count). The van der Waals surface area contributed by atoms with Gasteiger partial charge >= 0.3 is 5.97 Å². The largest absolute Gasteiger partial charge is 0.460 e. The molecule has 0 fully saturated rings. The minimum atomic E-state index is -0.392. The van der Waals surface area contributed by atoms with Gasteiger partial charge in [-0.3, -0.25) is 0 Å². The van der Waals surface area contributed by atoms with Crippen LogP contribution in [0, 0.1) is 0 Å². The van der Waals surface area contributed by atoms with Crippen LogP contribution in [0.3, 0.4) is 0 Å². The second-order valence-electron chi connectivity index (χ2n) is 1.47. The maximum atomic E-state index is 10.4. The van der Waals surface area contributed by atoms with E-state index >= 15 is 0 Å². The molecule has 0 atom stereocenters. The first-order chi connectivity index (χ1) is 4.33. The van der Waals surface area contributed by atoms with Crippen LogP contribution in [0.15, 0.2) is 11.8 Å². The molecule has 0 bridgehead atoms. The highest BCUT2D eigenvalue weighted by Crippen LogP contribution is 2.05. The third kappa shape index (κ3) is 1.61. The van der Waals surface area contributed by atoms with E-state index in [0.717, 1.165) is 0 Å². The monoisotopic (exact) mass is 148 g/mol. The van der Waals surface area contributed by atoms with Gasteiger partial charge in [-0.25, -0.2) is 4.79 Å². The zero-order chi connectivity index (χ0) is 6.69. The number of alkyl halides is 1. The Balaban J connectivity index is 2.59. The Morgan fingerprint density at radius 2 is 2.44 bits per heavy atom. The molecule has 0 aromatic carbocycles. The first-order valence-electron chi connectivity index (χ1n) is 2.39. The summed E-state index contributed by atoms with van der Waals surface area (Å²) in [5.74, 6) is 0.291. The Hall–Kier alpha value is -0.700. The van der Waals surface area contributed by atoms with Gasteiger partial charge in [-0.15, -0.1) is 11.6 Å². The van der Waals surface area contributed by atoms with E-state index < -0.39 is 5.97 Å². The number of cyclic esters (lactones) is 1. The van der Waals surface area contributed by atoms with E-state index in [1.165, 1.54) is 6.08 Å². The summed E-state index contributed by atoms with van der Waals surface area (Å²) in [6.07, 6.45) is 1.23. The molecule has 0 aliphatic carbocycles. The van der Waals surface area contributed by atoms with Crippen molar-refractivity contribution in [2.45, 2.75) is 0 Å². The average Bonchev–Trinajstić information content (AvgIpc) is 1.88. The fraction of sp³-hybridized carbons (Fsp3) is 0.400. The molecule has 0 unspecified atom stereocenters. The van der Waals surface area contributed by atoms with Gasteiger partial charge < -0.3 is 9.47 Å². The van der Waals surface area contributed by atoms with Gasteiger partial charge in [-0.05, 0) is 0 Å². The number of rotatable bonds is 1. The molecule has 0 saturated heterocycles. The minimum Gasteiger partial charge on any atom is -0.460 e. The Bertz CT molecular complexity index is 152. The summed E-state index contributed by atoms with van der Waals surface area (Å²) in [5, 5.41) is 0. The fourth-order valence-electron chi connectivity index (χ4n) is 0.455. The summed E-state index contributed by atoms with van der Waals surface area (Å²) in [6.45, 7) is -0.0165. The summed E-state index contributed by atoms with van der Waals surface area (Å²) >= 11 is 5.34. The number of ether oxygens (including phenoxy) is 2. The highest BCUT2D eigenvalue weighted by atomic mass is 35.5. The number of esters is 1. The minimum absolute atomic E-state index is 0.0165. The molecule has 50 valence electrons. The Labute approximate surface area is 57.2 Å². The maximum absolute atomic E-state index is 10.4. The van der Waals surface area contributed by atoms with Crippen molar-refractivity contribution >= 4 is 17.6 Å². The van der Waals surface area contributed by atoms with Crippen LogP contribution >= 0.6 is 11.6 Å². The van der Waals surface area contributed by atoms with E-state index in [9.17, 15) is 4.79 Å². The van der Waals surface area contributed by atoms with Crippen LogP contribution in [0.4, 0.5) is 0 Å². The van der Waals surface area contributed by atoms with Crippen molar-refractivity contribution in [2.75, 3.05) is 12.7 Å². The molecule has 4 heteroatoms. The molecule has 1 heterocycles. The van der Waals surface area contributed by atoms with Gasteiger partial charge in [0.25, 0.3) is 0 Å². The summed E-state index contributed by atoms with van der Waals surface area (Å²) in [4.78, 5) is 10.4. The number of hydrogen-bond acceptors (Lipinski definition) is 3. The van der Waals surface area contributed by atoms with Gasteiger partial charge in [0.2, 0.25) is 6.79 Å². The molecule has 0 N–H and O–H groups in total. The zero-order valence-corrected chi connectivity index (χ0v) is 5.35. The van der Waals surface area contributed by atoms with Crippen LogP contribution in [0.1, 0.15) is 0 Å². The number of allylic oxidation sites excluding steroid dienone is 1. The average molecular weight is 149 g/mol. The first-order valence-corrected chi connectivity index (χ1v) is 2.92. The zero-order valence-electron chi connectivity index (χ0n) is 4.59. The van der Waals surface area contributed by atoms with E-state index in [2.05, 4.69) is 4.74 Å². The van der Waals surface area contributed by atoms with Crippen molar-refractivity contribution in [2.24, 2.45) is 0 Å². The van der Waals surface area contributed by atoms with Gasteiger partial charge in [-0.2, -0.15) is 0 Å². The van der Waals surface area contributed by atoms with Gasteiger partial charge in [0.1, 0.15) is 5.76 Å². The number of carbonyl (C=O) groups excluding carboxylic acids is 1. The molecule has 0 amide bonds. The molecule has 9 heavy (non-hydrogen) atoms. The second kappa shape index (κ2) is 2.73. The molecular formula is C5H5ClO3. The fourth-order valence-corrected chi connectivity index (χ4v) is 0.609. The predicted octanol–water partition coefficient (Wildman–Crippen LogP) is 0.640. The van der Waals surface area contributed by atoms with Crippen molar-refractivity contribution in [3.63, 3.8) is 0 Å². The van der Waals surface area contributed by atoms with Crippen LogP contribution in [0.5, 0.6) is 0 Å². The summed E-state index contributed by atoms with van der Waals surface area (Å²) in [6, 6.07) is 0. The summed E-state index contributed by atoms with van der Waals surface area (Å²) in [5.41, 5.74) is 0. The van der Waals surface area contributed by atoms with Gasteiger partial charge in [-0.1, -0.05) is 0 Å². The maximum Gasteiger partial charge on any atom is 0.337 e. The topological polar surface area (TPSA) is 35.5 Å². The molecule has 0 aromatic rings. The Morgan fingerprint density at radius 1 is 1.67 bits per heavy atom. The molecule has 1 aliphatic rings. The SMILES string of the molecule is O=C1C=C(CCl)OCO1. The highest BCUT2D eigenvalue weighted by molar-refractivity contribution is 6.19. The van der Waals surface area contributed by atoms with E-state index in [1.54, 1.807) is 0 Å². The second-order valence-corrected chi connectivity index (χ2v) is 1.74. The van der Waals surface area contributed by atoms with Crippen molar-refractivity contribution in [3.8, 4) is 0 Å². The number of hydrogen-bond donors (Lipinski definition) is 0. The first kappa shape index (κ1) is 6.42. The molecule has 0 aromatic heterocycles. The lowest BCUT2D eigenvalue weighted by Gasteiger charge is -2.11. The molecular weight excluding hydrogens is 144 g/mol. The molecule has 0 radical (unpaired) electrons. The highest BCUT2D eigenvalue weighted by Gasteiger charge is 2.08. The van der Waals surface area contributed by atoms with Crippen molar-refractivity contribution in [1.82, 2.24) is 0 Å². The van der Waals surface area contributed by atoms with Crippen molar-refractivity contribution in [1.29, 1.82) is 0 Å². The third-order valence-electron chi connectivity index (χ3n) is 0.856. The Morgan fingerprint density at radius 3 is 2.89 bits per heavy atom. The van der Waals surface area contributed by atoms with Gasteiger partial charge in [0, 0.05) is 0 Å². The molecule has 1 aliphatic heterocycles. The van der Waals surface area contributed by atoms with Crippen LogP contribution in [0.2, 0.25) is 0 Å². The van der Waals surface area contributed by atoms with E-state index in [1.807, 2.05) is 0 Å². The standard InChI is InChI=1S/C5H5ClO3/c6-2-4-1-5(7)9-3-8-4/h1H,2-3H2. The lowest BCUT2D eigenvalue weighted by molar-refractivity contribution is -0.151. The quantitative estimate of drug-likeness (QED) is 0.404. The van der Waals surface area contributed by atoms with Crippen molar-refractivity contribution < 1.29 is 14.3 Å². The smallest absolute Gasteiger partial charge is 0.337 e. The lowest BCUT2D eigenvalue weighted by atomic mass is 10.5. The Kier molecular flexibility index (Phi) is 1.95. The lowest BCUT2D eigenvalue weighted by Crippen LogP contribution is -2.13. The van der Waals surface area contributed by atoms with Gasteiger partial charge in [0.15, 0.2) is 0 Å². The predicted molar refractivity (Wildman–Crippen MR) is 30.8 cm³/mol. The van der Waals surface area contributed by atoms with Crippen LogP contribution in [0.25, 0.3) is 0 Å². The van der Waals surface area contributed by atoms with Crippen LogP contribution in [-0.2, 0) is 14.3 Å². The van der Waals surface area contributed by atoms with E-state index in [-0.39, 0.29) is 12.7 Å². The summed E-state index contributed by atoms with van der Waals surface area (Å²) < 4.78 is 9.20. The molecule has 3 nitrogen and oxygen atoms in total. The third-order valence-corrected chi connectivity index (χ3v) is 1.12. The van der Waals surface area contributed by atoms with E-state index in [4.69, 9.17) is 16.3 Å². The number of halogens is 1. The van der Waals surface area contributed by atoms with E-state index in [0.29, 0.717) is 5.76 Å². The van der Waals surface area contributed by atoms with Crippen LogP contribution in [-0.4, -0.2) is 18.6 Å². The van der Waals surface area contributed by atoms with Crippen LogP contribution < -0.4 is 0 Å². The summed E-state index contributed by atoms with van der Waals surface area (Å²) in [7, 11) is 0.